The zero-order valence-corrected chi connectivity index (χ0v) is 44.6. The molecule has 386 valence electrons. The summed E-state index contributed by atoms with van der Waals surface area (Å²) in [5.41, 5.74) is 0. The van der Waals surface area contributed by atoms with Gasteiger partial charge in [0.05, 0.1) is 0 Å². The minimum Gasteiger partial charge on any atom is -0.462 e. The van der Waals surface area contributed by atoms with Crippen molar-refractivity contribution < 1.29 is 28.6 Å². The van der Waals surface area contributed by atoms with Crippen molar-refractivity contribution in [3.8, 4) is 0 Å². The number of carbonyl (C=O) groups is 3. The topological polar surface area (TPSA) is 78.9 Å². The van der Waals surface area contributed by atoms with E-state index >= 15 is 0 Å². The van der Waals surface area contributed by atoms with Crippen LogP contribution in [0.2, 0.25) is 0 Å². The molecule has 0 radical (unpaired) electrons. The molecule has 6 nitrogen and oxygen atoms in total. The van der Waals surface area contributed by atoms with Crippen molar-refractivity contribution in [2.24, 2.45) is 11.8 Å². The van der Waals surface area contributed by atoms with Crippen LogP contribution in [0.25, 0.3) is 0 Å². The first kappa shape index (κ1) is 63.4. The molecular weight excluding hydrogens is 805 g/mol. The quantitative estimate of drug-likeness (QED) is 0.0344. The average molecular weight is 920 g/mol. The molecule has 65 heavy (non-hydrogen) atoms. The Balaban J connectivity index is 4.30. The Morgan fingerprint density at radius 3 is 0.754 bits per heavy atom. The van der Waals surface area contributed by atoms with Gasteiger partial charge in [0.1, 0.15) is 13.2 Å². The predicted octanol–water partition coefficient (Wildman–Crippen LogP) is 19.3. The van der Waals surface area contributed by atoms with Crippen LogP contribution in [0.15, 0.2) is 0 Å². The third-order valence-corrected chi connectivity index (χ3v) is 13.5. The predicted molar refractivity (Wildman–Crippen MR) is 280 cm³/mol. The van der Waals surface area contributed by atoms with Gasteiger partial charge in [-0.15, -0.1) is 0 Å². The molecule has 0 heterocycles. The highest BCUT2D eigenvalue weighted by Crippen LogP contribution is 2.18. The van der Waals surface area contributed by atoms with Crippen molar-refractivity contribution >= 4 is 17.9 Å². The summed E-state index contributed by atoms with van der Waals surface area (Å²) in [7, 11) is 0. The van der Waals surface area contributed by atoms with Gasteiger partial charge in [-0.1, -0.05) is 291 Å². The lowest BCUT2D eigenvalue weighted by atomic mass is 10.0. The number of carbonyl (C=O) groups excluding carboxylic acids is 3. The van der Waals surface area contributed by atoms with E-state index in [0.717, 1.165) is 69.6 Å². The Morgan fingerprint density at radius 1 is 0.292 bits per heavy atom. The zero-order chi connectivity index (χ0) is 47.5. The lowest BCUT2D eigenvalue weighted by Gasteiger charge is -2.18. The van der Waals surface area contributed by atoms with E-state index in [0.29, 0.717) is 19.3 Å². The third kappa shape index (κ3) is 53.2. The lowest BCUT2D eigenvalue weighted by Crippen LogP contribution is -2.30. The zero-order valence-electron chi connectivity index (χ0n) is 44.6. The average Bonchev–Trinajstić information content (AvgIpc) is 3.28. The molecule has 0 aliphatic rings. The molecule has 0 spiro atoms. The molecule has 0 amide bonds. The highest BCUT2D eigenvalue weighted by atomic mass is 16.6. The Labute approximate surface area is 406 Å². The van der Waals surface area contributed by atoms with Gasteiger partial charge >= 0.3 is 17.9 Å². The summed E-state index contributed by atoms with van der Waals surface area (Å²) in [4.78, 5) is 38.2. The molecule has 0 aromatic rings. The van der Waals surface area contributed by atoms with E-state index in [1.807, 2.05) is 0 Å². The first-order valence-electron chi connectivity index (χ1n) is 29.2. The lowest BCUT2D eigenvalue weighted by molar-refractivity contribution is -0.167. The summed E-state index contributed by atoms with van der Waals surface area (Å²) in [6, 6.07) is 0. The van der Waals surface area contributed by atoms with Crippen LogP contribution in [-0.2, 0) is 28.6 Å². The minimum absolute atomic E-state index is 0.0625. The van der Waals surface area contributed by atoms with Crippen LogP contribution >= 0.6 is 0 Å². The molecule has 1 atom stereocenters. The molecule has 0 aromatic carbocycles. The van der Waals surface area contributed by atoms with E-state index in [1.54, 1.807) is 0 Å². The number of ether oxygens (including phenoxy) is 3. The molecule has 0 N–H and O–H groups in total. The summed E-state index contributed by atoms with van der Waals surface area (Å²) < 4.78 is 16.9. The summed E-state index contributed by atoms with van der Waals surface area (Å²) in [6.07, 6.45) is 55.2. The van der Waals surface area contributed by atoms with Crippen LogP contribution in [0.3, 0.4) is 0 Å². The van der Waals surface area contributed by atoms with Gasteiger partial charge in [-0.2, -0.15) is 0 Å². The van der Waals surface area contributed by atoms with Crippen LogP contribution in [0.5, 0.6) is 0 Å². The SMILES string of the molecule is CCCCCCCCCCCCCCCCCC(=O)OC[C@@H](COC(=O)CCCCCCCCCCCCCCCCC(C)C)OC(=O)CCCCCCCCCCCCCCC(C)C. The highest BCUT2D eigenvalue weighted by Gasteiger charge is 2.19. The summed E-state index contributed by atoms with van der Waals surface area (Å²) in [5.74, 6) is 0.839. The van der Waals surface area contributed by atoms with Crippen LogP contribution in [0, 0.1) is 11.8 Å². The Kier molecular flexibility index (Phi) is 50.5. The van der Waals surface area contributed by atoms with Crippen LogP contribution < -0.4 is 0 Å². The van der Waals surface area contributed by atoms with Crippen LogP contribution in [-0.4, -0.2) is 37.2 Å². The maximum atomic E-state index is 12.8. The van der Waals surface area contributed by atoms with Crippen LogP contribution in [0.4, 0.5) is 0 Å². The number of hydrogen-bond donors (Lipinski definition) is 0. The van der Waals surface area contributed by atoms with Crippen LogP contribution in [0.1, 0.15) is 330 Å². The maximum Gasteiger partial charge on any atom is 0.306 e. The normalized spacial score (nSPS) is 12.0. The van der Waals surface area contributed by atoms with E-state index in [1.165, 1.54) is 218 Å². The summed E-state index contributed by atoms with van der Waals surface area (Å²) in [5, 5.41) is 0. The van der Waals surface area contributed by atoms with Gasteiger partial charge in [0.25, 0.3) is 0 Å². The molecule has 6 heteroatoms. The fourth-order valence-electron chi connectivity index (χ4n) is 9.05. The molecule has 0 saturated heterocycles. The second kappa shape index (κ2) is 51.8. The molecule has 0 fully saturated rings. The Morgan fingerprint density at radius 2 is 0.508 bits per heavy atom. The van der Waals surface area contributed by atoms with E-state index in [2.05, 4.69) is 34.6 Å². The first-order chi connectivity index (χ1) is 31.7. The highest BCUT2D eigenvalue weighted by molar-refractivity contribution is 5.71. The molecule has 0 rings (SSSR count). The third-order valence-electron chi connectivity index (χ3n) is 13.5. The van der Waals surface area contributed by atoms with Gasteiger partial charge < -0.3 is 14.2 Å². The van der Waals surface area contributed by atoms with Gasteiger partial charge in [0.15, 0.2) is 6.10 Å². The van der Waals surface area contributed by atoms with Gasteiger partial charge in [0, 0.05) is 19.3 Å². The molecule has 0 saturated carbocycles. The number of rotatable bonds is 53. The molecule has 0 unspecified atom stereocenters. The Hall–Kier alpha value is -1.59. The second-order valence-corrected chi connectivity index (χ2v) is 21.2. The fourth-order valence-corrected chi connectivity index (χ4v) is 9.05. The molecule has 0 bridgehead atoms. The standard InChI is InChI=1S/C59H114O6/c1-6-7-8-9-10-11-12-13-14-18-24-29-34-39-44-49-57(60)63-52-56(65-59(62)51-46-41-36-31-26-21-20-23-28-33-38-43-48-55(4)5)53-64-58(61)50-45-40-35-30-25-19-16-15-17-22-27-32-37-42-47-54(2)3/h54-56H,6-53H2,1-5H3/t56-/m0/s1. The Bertz CT molecular complexity index is 993. The van der Waals surface area contributed by atoms with Gasteiger partial charge in [-0.25, -0.2) is 0 Å². The fraction of sp³-hybridized carbons (Fsp3) is 0.949. The summed E-state index contributed by atoms with van der Waals surface area (Å²) in [6.45, 7) is 11.4. The number of unbranched alkanes of at least 4 members (excludes halogenated alkanes) is 38. The van der Waals surface area contributed by atoms with E-state index in [9.17, 15) is 14.4 Å². The maximum absolute atomic E-state index is 12.8. The molecular formula is C59H114O6. The smallest absolute Gasteiger partial charge is 0.306 e. The largest absolute Gasteiger partial charge is 0.462 e. The van der Waals surface area contributed by atoms with Crippen molar-refractivity contribution in [3.63, 3.8) is 0 Å². The minimum atomic E-state index is -0.763. The monoisotopic (exact) mass is 919 g/mol. The molecule has 0 aromatic heterocycles. The second-order valence-electron chi connectivity index (χ2n) is 21.2. The van der Waals surface area contributed by atoms with E-state index < -0.39 is 6.10 Å². The van der Waals surface area contributed by atoms with Gasteiger partial charge in [-0.3, -0.25) is 14.4 Å². The molecule has 0 aliphatic carbocycles. The first-order valence-corrected chi connectivity index (χ1v) is 29.2. The van der Waals surface area contributed by atoms with Crippen molar-refractivity contribution in [1.82, 2.24) is 0 Å². The van der Waals surface area contributed by atoms with Crippen molar-refractivity contribution in [3.05, 3.63) is 0 Å². The van der Waals surface area contributed by atoms with Gasteiger partial charge in [-0.05, 0) is 31.1 Å². The van der Waals surface area contributed by atoms with Crippen molar-refractivity contribution in [1.29, 1.82) is 0 Å². The number of esters is 3. The molecule has 0 aliphatic heterocycles. The van der Waals surface area contributed by atoms with Crippen molar-refractivity contribution in [2.75, 3.05) is 13.2 Å². The van der Waals surface area contributed by atoms with E-state index in [4.69, 9.17) is 14.2 Å². The van der Waals surface area contributed by atoms with E-state index in [-0.39, 0.29) is 31.1 Å². The number of hydrogen-bond acceptors (Lipinski definition) is 6. The van der Waals surface area contributed by atoms with Crippen molar-refractivity contribution in [2.45, 2.75) is 336 Å². The van der Waals surface area contributed by atoms with Gasteiger partial charge in [0.2, 0.25) is 0 Å². The summed E-state index contributed by atoms with van der Waals surface area (Å²) >= 11 is 0.